The fourth-order valence-electron chi connectivity index (χ4n) is 4.90. The van der Waals surface area contributed by atoms with Gasteiger partial charge < -0.3 is 20.5 Å². The van der Waals surface area contributed by atoms with Crippen LogP contribution < -0.4 is 10.6 Å². The minimum absolute atomic E-state index is 0.0516. The second-order valence-corrected chi connectivity index (χ2v) is 10.4. The van der Waals surface area contributed by atoms with Crippen molar-refractivity contribution in [3.63, 3.8) is 0 Å². The minimum atomic E-state index is -0.561. The molecule has 3 rings (SSSR count). The number of amides is 2. The molecule has 0 unspecified atom stereocenters. The van der Waals surface area contributed by atoms with E-state index in [1.807, 2.05) is 56.3 Å². The van der Waals surface area contributed by atoms with Crippen LogP contribution in [0.3, 0.4) is 0 Å². The molecule has 0 aromatic heterocycles. The average Bonchev–Trinajstić information content (AvgIpc) is 3.31. The van der Waals surface area contributed by atoms with Crippen molar-refractivity contribution in [2.75, 3.05) is 13.2 Å². The van der Waals surface area contributed by atoms with E-state index in [9.17, 15) is 19.5 Å². The first kappa shape index (κ1) is 26.9. The van der Waals surface area contributed by atoms with Crippen LogP contribution in [-0.4, -0.2) is 47.7 Å². The number of esters is 1. The van der Waals surface area contributed by atoms with Gasteiger partial charge in [0.15, 0.2) is 0 Å². The van der Waals surface area contributed by atoms with E-state index in [4.69, 9.17) is 4.74 Å². The topological polar surface area (TPSA) is 105 Å². The first-order valence-corrected chi connectivity index (χ1v) is 12.9. The molecule has 1 saturated carbocycles. The summed E-state index contributed by atoms with van der Waals surface area (Å²) < 4.78 is 5.66. The zero-order valence-electron chi connectivity index (χ0n) is 21.0. The largest absolute Gasteiger partial charge is 0.463 e. The second kappa shape index (κ2) is 12.9. The van der Waals surface area contributed by atoms with Crippen molar-refractivity contribution in [3.8, 4) is 0 Å². The van der Waals surface area contributed by atoms with Crippen LogP contribution >= 0.6 is 0 Å². The molecule has 1 aromatic rings. The molecule has 7 nitrogen and oxygen atoms in total. The molecular formula is C28H40N2O5. The van der Waals surface area contributed by atoms with Crippen LogP contribution in [0.2, 0.25) is 0 Å². The molecule has 2 amide bonds. The van der Waals surface area contributed by atoms with Crippen LogP contribution in [0.5, 0.6) is 0 Å². The van der Waals surface area contributed by atoms with Gasteiger partial charge in [-0.1, -0.05) is 69.2 Å². The number of carbonyl (C=O) groups is 3. The van der Waals surface area contributed by atoms with Gasteiger partial charge in [-0.25, -0.2) is 0 Å². The van der Waals surface area contributed by atoms with E-state index in [0.29, 0.717) is 19.3 Å². The molecule has 1 heterocycles. The Morgan fingerprint density at radius 3 is 2.40 bits per heavy atom. The Hall–Kier alpha value is -2.67. The Kier molecular flexibility index (Phi) is 9.90. The number of nitrogens with one attached hydrogen (secondary N) is 2. The van der Waals surface area contributed by atoms with Crippen molar-refractivity contribution in [1.29, 1.82) is 0 Å². The molecule has 3 atom stereocenters. The highest BCUT2D eigenvalue weighted by atomic mass is 16.5. The number of ether oxygens (including phenoxy) is 1. The lowest BCUT2D eigenvalue weighted by molar-refractivity contribution is -0.150. The molecule has 1 aromatic carbocycles. The smallest absolute Gasteiger partial charge is 0.309 e. The summed E-state index contributed by atoms with van der Waals surface area (Å²) in [7, 11) is 0. The summed E-state index contributed by atoms with van der Waals surface area (Å²) in [5, 5.41) is 15.9. The van der Waals surface area contributed by atoms with E-state index in [2.05, 4.69) is 10.6 Å². The first-order valence-electron chi connectivity index (χ1n) is 12.9. The fourth-order valence-corrected chi connectivity index (χ4v) is 4.90. The number of rotatable bonds is 7. The number of cyclic esters (lactones) is 1. The number of allylic oxidation sites excluding steroid dienone is 2. The Bertz CT molecular complexity index is 877. The Morgan fingerprint density at radius 2 is 1.77 bits per heavy atom. The Balaban J connectivity index is 1.72. The van der Waals surface area contributed by atoms with Crippen LogP contribution in [-0.2, 0) is 25.5 Å². The molecule has 2 aliphatic rings. The molecule has 1 aliphatic heterocycles. The number of carbonyl (C=O) groups excluding carboxylic acids is 3. The highest BCUT2D eigenvalue weighted by molar-refractivity contribution is 5.86. The van der Waals surface area contributed by atoms with Gasteiger partial charge in [0.1, 0.15) is 6.61 Å². The van der Waals surface area contributed by atoms with Crippen LogP contribution in [0.15, 0.2) is 42.5 Å². The van der Waals surface area contributed by atoms with Gasteiger partial charge in [0.2, 0.25) is 11.8 Å². The van der Waals surface area contributed by atoms with Crippen molar-refractivity contribution >= 4 is 17.8 Å². The molecule has 0 saturated heterocycles. The third-order valence-electron chi connectivity index (χ3n) is 7.27. The summed E-state index contributed by atoms with van der Waals surface area (Å²) in [5.41, 5.74) is 0.511. The third-order valence-corrected chi connectivity index (χ3v) is 7.27. The summed E-state index contributed by atoms with van der Waals surface area (Å²) in [6.45, 7) is 3.96. The van der Waals surface area contributed by atoms with Crippen molar-refractivity contribution in [2.24, 2.45) is 17.8 Å². The lowest BCUT2D eigenvalue weighted by Crippen LogP contribution is -2.51. The van der Waals surface area contributed by atoms with Gasteiger partial charge in [0.25, 0.3) is 0 Å². The lowest BCUT2D eigenvalue weighted by atomic mass is 9.93. The van der Waals surface area contributed by atoms with Crippen LogP contribution in [0.25, 0.3) is 0 Å². The number of hydrogen-bond donors (Lipinski definition) is 3. The molecule has 1 aliphatic carbocycles. The van der Waals surface area contributed by atoms with E-state index < -0.39 is 11.5 Å². The maximum Gasteiger partial charge on any atom is 0.309 e. The number of benzene rings is 1. The zero-order chi connectivity index (χ0) is 25.3. The molecule has 0 spiro atoms. The summed E-state index contributed by atoms with van der Waals surface area (Å²) in [6.07, 6.45) is 8.84. The normalized spacial score (nSPS) is 25.3. The fraction of sp³-hybridized carbons (Fsp3) is 0.607. The van der Waals surface area contributed by atoms with E-state index in [-0.39, 0.29) is 55.3 Å². The van der Waals surface area contributed by atoms with Gasteiger partial charge in [-0.3, -0.25) is 14.4 Å². The molecule has 7 heteroatoms. The van der Waals surface area contributed by atoms with Crippen molar-refractivity contribution < 1.29 is 24.2 Å². The lowest BCUT2D eigenvalue weighted by Gasteiger charge is -2.29. The summed E-state index contributed by atoms with van der Waals surface area (Å²) in [6, 6.07) is 9.53. The van der Waals surface area contributed by atoms with Crippen LogP contribution in [0, 0.1) is 17.8 Å². The first-order chi connectivity index (χ1) is 16.8. The third kappa shape index (κ3) is 7.92. The average molecular weight is 485 g/mol. The molecule has 35 heavy (non-hydrogen) atoms. The maximum absolute atomic E-state index is 13.1. The van der Waals surface area contributed by atoms with E-state index >= 15 is 0 Å². The Morgan fingerprint density at radius 1 is 1.11 bits per heavy atom. The molecule has 192 valence electrons. The zero-order valence-corrected chi connectivity index (χ0v) is 21.0. The van der Waals surface area contributed by atoms with Gasteiger partial charge >= 0.3 is 5.97 Å². The van der Waals surface area contributed by atoms with Gasteiger partial charge in [0, 0.05) is 6.42 Å². The molecule has 0 bridgehead atoms. The Labute approximate surface area is 208 Å². The van der Waals surface area contributed by atoms with Gasteiger partial charge in [-0.2, -0.15) is 0 Å². The number of aliphatic hydroxyl groups excluding tert-OH is 1. The van der Waals surface area contributed by atoms with E-state index in [1.54, 1.807) is 0 Å². The maximum atomic E-state index is 13.1. The number of hydrogen-bond acceptors (Lipinski definition) is 5. The van der Waals surface area contributed by atoms with Gasteiger partial charge in [0.05, 0.1) is 30.0 Å². The van der Waals surface area contributed by atoms with E-state index in [1.165, 1.54) is 0 Å². The summed E-state index contributed by atoms with van der Waals surface area (Å²) in [5.74, 6) is -1.48. The highest BCUT2D eigenvalue weighted by Crippen LogP contribution is 2.29. The molecular weight excluding hydrogens is 444 g/mol. The molecule has 0 radical (unpaired) electrons. The summed E-state index contributed by atoms with van der Waals surface area (Å²) in [4.78, 5) is 38.9. The quantitative estimate of drug-likeness (QED) is 0.407. The minimum Gasteiger partial charge on any atom is -0.463 e. The molecule has 1 fully saturated rings. The monoisotopic (exact) mass is 484 g/mol. The summed E-state index contributed by atoms with van der Waals surface area (Å²) >= 11 is 0. The van der Waals surface area contributed by atoms with Crippen molar-refractivity contribution in [2.45, 2.75) is 76.8 Å². The predicted molar refractivity (Wildman–Crippen MR) is 134 cm³/mol. The van der Waals surface area contributed by atoms with E-state index in [0.717, 1.165) is 31.2 Å². The van der Waals surface area contributed by atoms with Gasteiger partial charge in [-0.15, -0.1) is 0 Å². The molecule has 3 N–H and O–H groups in total. The van der Waals surface area contributed by atoms with Gasteiger partial charge in [-0.05, 0) is 43.6 Å². The van der Waals surface area contributed by atoms with Crippen molar-refractivity contribution in [3.05, 3.63) is 48.0 Å². The standard InChI is InChI=1S/C28H40N2O5/c1-20(2)24-18-35-27(34)23(16-21-10-4-3-5-11-21)13-7-6-12-22(26(33)29-24)17-25(32)30-28(19-31)14-8-9-15-28/h3-7,10-11,20,22-24,31H,8-9,12-19H2,1-2H3,(H,29,33)(H,30,32)/t22-,23+,24-/m1/s1. The predicted octanol–water partition coefficient (Wildman–Crippen LogP) is 3.31. The van der Waals surface area contributed by atoms with Crippen molar-refractivity contribution in [1.82, 2.24) is 10.6 Å². The van der Waals surface area contributed by atoms with Crippen LogP contribution in [0.4, 0.5) is 0 Å². The SMILES string of the molecule is CC(C)[C@H]1COC(=O)[C@H](Cc2ccccc2)CC=CC[C@H](CC(=O)NC2(CO)CCCC2)C(=O)N1. The highest BCUT2D eigenvalue weighted by Gasteiger charge is 2.36. The number of aliphatic hydroxyl groups is 1. The van der Waals surface area contributed by atoms with Crippen LogP contribution in [0.1, 0.15) is 64.4 Å². The second-order valence-electron chi connectivity index (χ2n) is 10.4.